The van der Waals surface area contributed by atoms with Crippen LogP contribution in [0.15, 0.2) is 35.7 Å². The summed E-state index contributed by atoms with van der Waals surface area (Å²) in [6, 6.07) is 7.03. The van der Waals surface area contributed by atoms with Gasteiger partial charge in [0.2, 0.25) is 0 Å². The van der Waals surface area contributed by atoms with Crippen molar-refractivity contribution in [2.24, 2.45) is 7.05 Å². The number of hydrogen-bond acceptors (Lipinski definition) is 4. The first-order chi connectivity index (χ1) is 8.18. The number of nitrogens with zero attached hydrogens (tertiary/aromatic N) is 3. The third-order valence-electron chi connectivity index (χ3n) is 2.18. The largest absolute Gasteiger partial charge is 0.293 e. The van der Waals surface area contributed by atoms with Crippen molar-refractivity contribution in [1.29, 1.82) is 0 Å². The van der Waals surface area contributed by atoms with Gasteiger partial charge in [0, 0.05) is 12.6 Å². The Morgan fingerprint density at radius 2 is 2.24 bits per heavy atom. The molecule has 2 aromatic rings. The van der Waals surface area contributed by atoms with Crippen molar-refractivity contribution in [2.75, 3.05) is 5.75 Å². The molecule has 6 heteroatoms. The number of Topliss-reactive ketones (excluding diaryl/α,β-unsaturated/α-hetero) is 1. The van der Waals surface area contributed by atoms with Crippen molar-refractivity contribution in [2.45, 2.75) is 5.16 Å². The molecule has 0 aliphatic heterocycles. The zero-order chi connectivity index (χ0) is 12.3. The van der Waals surface area contributed by atoms with E-state index in [1.807, 2.05) is 0 Å². The lowest BCUT2D eigenvalue weighted by atomic mass is 10.1. The molecule has 1 heterocycles. The van der Waals surface area contributed by atoms with E-state index < -0.39 is 0 Å². The van der Waals surface area contributed by atoms with Crippen molar-refractivity contribution >= 4 is 29.1 Å². The Labute approximate surface area is 108 Å². The van der Waals surface area contributed by atoms with Crippen LogP contribution >= 0.6 is 23.4 Å². The molecule has 0 N–H and O–H groups in total. The Hall–Kier alpha value is -1.33. The lowest BCUT2D eigenvalue weighted by Crippen LogP contribution is -2.04. The van der Waals surface area contributed by atoms with Gasteiger partial charge in [-0.2, -0.15) is 5.10 Å². The zero-order valence-electron chi connectivity index (χ0n) is 9.13. The number of rotatable bonds is 4. The number of ketones is 1. The van der Waals surface area contributed by atoms with Crippen LogP contribution in [0.5, 0.6) is 0 Å². The Balaban J connectivity index is 2.04. The predicted octanol–water partition coefficient (Wildman–Crippen LogP) is 2.44. The van der Waals surface area contributed by atoms with E-state index >= 15 is 0 Å². The Bertz CT molecular complexity index is 541. The number of carbonyl (C=O) groups excluding carboxylic acids is 1. The minimum Gasteiger partial charge on any atom is -0.293 e. The average Bonchev–Trinajstić information content (AvgIpc) is 2.72. The van der Waals surface area contributed by atoms with Gasteiger partial charge < -0.3 is 0 Å². The molecule has 0 aliphatic carbocycles. The molecule has 88 valence electrons. The van der Waals surface area contributed by atoms with Gasteiger partial charge in [-0.25, -0.2) is 9.67 Å². The molecule has 4 nitrogen and oxygen atoms in total. The SMILES string of the molecule is Cn1ncnc1SCC(=O)c1ccccc1Cl. The Morgan fingerprint density at radius 1 is 1.47 bits per heavy atom. The number of aromatic nitrogens is 3. The first kappa shape index (κ1) is 12.1. The molecule has 0 atom stereocenters. The van der Waals surface area contributed by atoms with Gasteiger partial charge in [0.15, 0.2) is 10.9 Å². The molecule has 0 spiro atoms. The normalized spacial score (nSPS) is 10.5. The lowest BCUT2D eigenvalue weighted by molar-refractivity contribution is 0.102. The van der Waals surface area contributed by atoms with Crippen molar-refractivity contribution < 1.29 is 4.79 Å². The highest BCUT2D eigenvalue weighted by Gasteiger charge is 2.11. The number of halogens is 1. The second-order valence-electron chi connectivity index (χ2n) is 3.36. The molecule has 0 aliphatic rings. The third kappa shape index (κ3) is 2.87. The molecule has 2 rings (SSSR count). The Kier molecular flexibility index (Phi) is 3.81. The van der Waals surface area contributed by atoms with E-state index in [0.717, 1.165) is 0 Å². The first-order valence-corrected chi connectivity index (χ1v) is 6.29. The number of hydrogen-bond donors (Lipinski definition) is 0. The fraction of sp³-hybridized carbons (Fsp3) is 0.182. The highest BCUT2D eigenvalue weighted by molar-refractivity contribution is 7.99. The van der Waals surface area contributed by atoms with Gasteiger partial charge in [-0.15, -0.1) is 0 Å². The van der Waals surface area contributed by atoms with Crippen LogP contribution in [0.1, 0.15) is 10.4 Å². The molecule has 0 bridgehead atoms. The molecular formula is C11H10ClN3OS. The molecule has 1 aromatic carbocycles. The van der Waals surface area contributed by atoms with Gasteiger partial charge in [-0.3, -0.25) is 4.79 Å². The lowest BCUT2D eigenvalue weighted by Gasteiger charge is -2.02. The summed E-state index contributed by atoms with van der Waals surface area (Å²) in [5.74, 6) is 0.291. The maximum atomic E-state index is 11.9. The van der Waals surface area contributed by atoms with Crippen LogP contribution in [0.4, 0.5) is 0 Å². The summed E-state index contributed by atoms with van der Waals surface area (Å²) in [4.78, 5) is 15.9. The van der Waals surface area contributed by atoms with Gasteiger partial charge in [0.25, 0.3) is 0 Å². The van der Waals surface area contributed by atoms with E-state index in [2.05, 4.69) is 10.1 Å². The molecule has 0 saturated heterocycles. The maximum Gasteiger partial charge on any atom is 0.186 e. The summed E-state index contributed by atoms with van der Waals surface area (Å²) in [5.41, 5.74) is 0.545. The summed E-state index contributed by atoms with van der Waals surface area (Å²) in [6.07, 6.45) is 1.46. The van der Waals surface area contributed by atoms with Crippen LogP contribution < -0.4 is 0 Å². The van der Waals surface area contributed by atoms with E-state index in [1.54, 1.807) is 36.0 Å². The third-order valence-corrected chi connectivity index (χ3v) is 3.54. The van der Waals surface area contributed by atoms with E-state index in [0.29, 0.717) is 21.5 Å². The van der Waals surface area contributed by atoms with Crippen LogP contribution in [-0.2, 0) is 7.05 Å². The fourth-order valence-electron chi connectivity index (χ4n) is 1.31. The molecule has 0 fully saturated rings. The molecule has 0 amide bonds. The molecule has 0 saturated carbocycles. The second kappa shape index (κ2) is 5.33. The minimum absolute atomic E-state index is 0.0106. The van der Waals surface area contributed by atoms with Gasteiger partial charge in [0.05, 0.1) is 10.8 Å². The predicted molar refractivity (Wildman–Crippen MR) is 67.5 cm³/mol. The standard InChI is InChI=1S/C11H10ClN3OS/c1-15-11(13-7-14-15)17-6-10(16)8-4-2-3-5-9(8)12/h2-5,7H,6H2,1H3. The van der Waals surface area contributed by atoms with Crippen molar-refractivity contribution in [3.63, 3.8) is 0 Å². The van der Waals surface area contributed by atoms with Gasteiger partial charge >= 0.3 is 0 Å². The van der Waals surface area contributed by atoms with Crippen LogP contribution in [0, 0.1) is 0 Å². The Morgan fingerprint density at radius 3 is 2.88 bits per heavy atom. The minimum atomic E-state index is -0.0106. The summed E-state index contributed by atoms with van der Waals surface area (Å²) in [5, 5.41) is 5.13. The molecule has 1 aromatic heterocycles. The first-order valence-electron chi connectivity index (χ1n) is 4.93. The molecule has 0 unspecified atom stereocenters. The van der Waals surface area contributed by atoms with Crippen LogP contribution in [0.3, 0.4) is 0 Å². The van der Waals surface area contributed by atoms with Crippen LogP contribution in [0.2, 0.25) is 5.02 Å². The van der Waals surface area contributed by atoms with Gasteiger partial charge in [0.1, 0.15) is 6.33 Å². The second-order valence-corrected chi connectivity index (χ2v) is 4.71. The van der Waals surface area contributed by atoms with Crippen molar-refractivity contribution in [1.82, 2.24) is 14.8 Å². The van der Waals surface area contributed by atoms with Crippen LogP contribution in [-0.4, -0.2) is 26.3 Å². The summed E-state index contributed by atoms with van der Waals surface area (Å²) >= 11 is 7.29. The number of thioether (sulfide) groups is 1. The molecule has 17 heavy (non-hydrogen) atoms. The van der Waals surface area contributed by atoms with Crippen molar-refractivity contribution in [3.8, 4) is 0 Å². The van der Waals surface area contributed by atoms with E-state index in [-0.39, 0.29) is 5.78 Å². The monoisotopic (exact) mass is 267 g/mol. The summed E-state index contributed by atoms with van der Waals surface area (Å²) in [7, 11) is 1.79. The van der Waals surface area contributed by atoms with E-state index in [1.165, 1.54) is 18.1 Å². The topological polar surface area (TPSA) is 47.8 Å². The summed E-state index contributed by atoms with van der Waals surface area (Å²) < 4.78 is 1.63. The van der Waals surface area contributed by atoms with Gasteiger partial charge in [-0.1, -0.05) is 35.5 Å². The van der Waals surface area contributed by atoms with E-state index in [9.17, 15) is 4.79 Å². The van der Waals surface area contributed by atoms with Crippen molar-refractivity contribution in [3.05, 3.63) is 41.2 Å². The van der Waals surface area contributed by atoms with E-state index in [4.69, 9.17) is 11.6 Å². The maximum absolute atomic E-state index is 11.9. The number of benzene rings is 1. The molecule has 0 radical (unpaired) electrons. The number of carbonyl (C=O) groups is 1. The smallest absolute Gasteiger partial charge is 0.186 e. The highest BCUT2D eigenvalue weighted by atomic mass is 35.5. The highest BCUT2D eigenvalue weighted by Crippen LogP contribution is 2.20. The zero-order valence-corrected chi connectivity index (χ0v) is 10.7. The van der Waals surface area contributed by atoms with Crippen LogP contribution in [0.25, 0.3) is 0 Å². The quantitative estimate of drug-likeness (QED) is 0.631. The number of aryl methyl sites for hydroxylation is 1. The summed E-state index contributed by atoms with van der Waals surface area (Å²) in [6.45, 7) is 0. The average molecular weight is 268 g/mol. The molecular weight excluding hydrogens is 258 g/mol. The van der Waals surface area contributed by atoms with Gasteiger partial charge in [-0.05, 0) is 12.1 Å². The fourth-order valence-corrected chi connectivity index (χ4v) is 2.32.